The number of carbonyl (C=O) groups excluding carboxylic acids is 1. The Hall–Kier alpha value is -1.65. The summed E-state index contributed by atoms with van der Waals surface area (Å²) >= 11 is 0. The third kappa shape index (κ3) is 5.16. The van der Waals surface area contributed by atoms with Crippen molar-refractivity contribution in [3.05, 3.63) is 12.2 Å². The van der Waals surface area contributed by atoms with Crippen LogP contribution in [0, 0.1) is 0 Å². The Kier molecular flexibility index (Phi) is 5.25. The Morgan fingerprint density at radius 1 is 1.67 bits per heavy atom. The number of hydrazone groups is 1. The highest BCUT2D eigenvalue weighted by molar-refractivity contribution is 5.74. The molecule has 5 nitrogen and oxygen atoms in total. The van der Waals surface area contributed by atoms with E-state index in [0.29, 0.717) is 6.41 Å². The van der Waals surface area contributed by atoms with Gasteiger partial charge in [0.1, 0.15) is 6.54 Å². The molecule has 0 aromatic rings. The molecule has 0 saturated carbocycles. The molecule has 0 aliphatic rings. The summed E-state index contributed by atoms with van der Waals surface area (Å²) in [4.78, 5) is 20.3. The predicted molar refractivity (Wildman–Crippen MR) is 43.7 cm³/mol. The van der Waals surface area contributed by atoms with Crippen LogP contribution in [0.4, 0.5) is 0 Å². The van der Waals surface area contributed by atoms with Gasteiger partial charge in [-0.3, -0.25) is 9.59 Å². The van der Waals surface area contributed by atoms with Crippen molar-refractivity contribution in [1.82, 2.24) is 5.01 Å². The van der Waals surface area contributed by atoms with Crippen molar-refractivity contribution in [3.63, 3.8) is 0 Å². The quantitative estimate of drug-likeness (QED) is 0.361. The monoisotopic (exact) mass is 170 g/mol. The third-order valence-electron chi connectivity index (χ3n) is 0.912. The first-order valence-corrected chi connectivity index (χ1v) is 3.29. The van der Waals surface area contributed by atoms with Gasteiger partial charge in [-0.25, -0.2) is 5.01 Å². The molecule has 0 atom stereocenters. The first-order chi connectivity index (χ1) is 5.70. The maximum absolute atomic E-state index is 10.2. The first kappa shape index (κ1) is 10.3. The number of carboxylic acids is 1. The lowest BCUT2D eigenvalue weighted by Crippen LogP contribution is -2.23. The van der Waals surface area contributed by atoms with Crippen molar-refractivity contribution in [3.8, 4) is 0 Å². The molecule has 1 N–H and O–H groups in total. The van der Waals surface area contributed by atoms with Crippen molar-refractivity contribution in [2.24, 2.45) is 5.10 Å². The molecule has 0 aliphatic carbocycles. The van der Waals surface area contributed by atoms with Crippen LogP contribution in [0.5, 0.6) is 0 Å². The molecule has 0 spiro atoms. The van der Waals surface area contributed by atoms with Crippen LogP contribution in [0.25, 0.3) is 0 Å². The standard InChI is InChI=1S/C7H10N2O3/c1-2-3-4-8-9(6-10)5-7(11)12/h2-4,6H,5H2,1H3,(H,11,12)/b3-2-,8-4-. The van der Waals surface area contributed by atoms with Crippen LogP contribution < -0.4 is 0 Å². The van der Waals surface area contributed by atoms with E-state index >= 15 is 0 Å². The molecule has 66 valence electrons. The molecule has 0 rings (SSSR count). The number of carboxylic acid groups (broad SMARTS) is 1. The summed E-state index contributed by atoms with van der Waals surface area (Å²) in [5.41, 5.74) is 0. The van der Waals surface area contributed by atoms with Gasteiger partial charge in [0.25, 0.3) is 0 Å². The van der Waals surface area contributed by atoms with Gasteiger partial charge in [-0.2, -0.15) is 5.10 Å². The van der Waals surface area contributed by atoms with E-state index in [9.17, 15) is 9.59 Å². The SMILES string of the molecule is C/C=C\C=N/N(C=O)CC(=O)O. The van der Waals surface area contributed by atoms with Gasteiger partial charge in [0.2, 0.25) is 6.41 Å². The second kappa shape index (κ2) is 6.09. The summed E-state index contributed by atoms with van der Waals surface area (Å²) in [6, 6.07) is 0. The van der Waals surface area contributed by atoms with Crippen LogP contribution in [0.1, 0.15) is 6.92 Å². The number of hydrogen-bond donors (Lipinski definition) is 1. The summed E-state index contributed by atoms with van der Waals surface area (Å²) in [7, 11) is 0. The lowest BCUT2D eigenvalue weighted by atomic mass is 10.6. The molecule has 0 unspecified atom stereocenters. The second-order valence-corrected chi connectivity index (χ2v) is 1.89. The van der Waals surface area contributed by atoms with Crippen LogP contribution in [-0.4, -0.2) is 35.3 Å². The molecule has 0 saturated heterocycles. The van der Waals surface area contributed by atoms with Crippen LogP contribution >= 0.6 is 0 Å². The van der Waals surface area contributed by atoms with Crippen molar-refractivity contribution in [2.45, 2.75) is 6.92 Å². The fourth-order valence-corrected chi connectivity index (χ4v) is 0.454. The van der Waals surface area contributed by atoms with Gasteiger partial charge in [0.05, 0.1) is 0 Å². The maximum atomic E-state index is 10.2. The van der Waals surface area contributed by atoms with E-state index in [-0.39, 0.29) is 0 Å². The Morgan fingerprint density at radius 2 is 2.33 bits per heavy atom. The fraction of sp³-hybridized carbons (Fsp3) is 0.286. The summed E-state index contributed by atoms with van der Waals surface area (Å²) in [6.45, 7) is 1.37. The highest BCUT2D eigenvalue weighted by Crippen LogP contribution is 1.82. The molecule has 0 aliphatic heterocycles. The van der Waals surface area contributed by atoms with Gasteiger partial charge in [-0.1, -0.05) is 6.08 Å². The van der Waals surface area contributed by atoms with Gasteiger partial charge in [0.15, 0.2) is 0 Å². The van der Waals surface area contributed by atoms with Gasteiger partial charge < -0.3 is 5.11 Å². The van der Waals surface area contributed by atoms with Crippen LogP contribution in [0.2, 0.25) is 0 Å². The molecule has 0 bridgehead atoms. The first-order valence-electron chi connectivity index (χ1n) is 3.29. The number of allylic oxidation sites excluding steroid dienone is 2. The zero-order valence-electron chi connectivity index (χ0n) is 6.67. The summed E-state index contributed by atoms with van der Waals surface area (Å²) in [5.74, 6) is -1.10. The summed E-state index contributed by atoms with van der Waals surface area (Å²) in [5, 5.41) is 12.6. The zero-order valence-corrected chi connectivity index (χ0v) is 6.67. The topological polar surface area (TPSA) is 70.0 Å². The van der Waals surface area contributed by atoms with Crippen LogP contribution in [-0.2, 0) is 9.59 Å². The smallest absolute Gasteiger partial charge is 0.325 e. The van der Waals surface area contributed by atoms with E-state index in [1.54, 1.807) is 19.1 Å². The molecule has 0 radical (unpaired) electrons. The largest absolute Gasteiger partial charge is 0.480 e. The van der Waals surface area contributed by atoms with E-state index in [2.05, 4.69) is 5.10 Å². The normalized spacial score (nSPS) is 10.8. The van der Waals surface area contributed by atoms with Gasteiger partial charge >= 0.3 is 5.97 Å². The summed E-state index contributed by atoms with van der Waals surface area (Å²) in [6.07, 6.45) is 5.01. The Morgan fingerprint density at radius 3 is 2.75 bits per heavy atom. The van der Waals surface area contributed by atoms with Crippen molar-refractivity contribution < 1.29 is 14.7 Å². The minimum atomic E-state index is -1.10. The lowest BCUT2D eigenvalue weighted by Gasteiger charge is -2.04. The number of nitrogens with zero attached hydrogens (tertiary/aromatic N) is 2. The fourth-order valence-electron chi connectivity index (χ4n) is 0.454. The number of carbonyl (C=O) groups is 2. The van der Waals surface area contributed by atoms with Gasteiger partial charge in [-0.05, 0) is 13.0 Å². The van der Waals surface area contributed by atoms with Crippen molar-refractivity contribution in [2.75, 3.05) is 6.54 Å². The molecule has 0 fully saturated rings. The molecule has 0 heterocycles. The van der Waals surface area contributed by atoms with E-state index in [0.717, 1.165) is 5.01 Å². The van der Waals surface area contributed by atoms with Gasteiger partial charge in [-0.15, -0.1) is 0 Å². The van der Waals surface area contributed by atoms with E-state index < -0.39 is 12.5 Å². The Bertz CT molecular complexity index is 211. The van der Waals surface area contributed by atoms with E-state index in [1.807, 2.05) is 0 Å². The molecule has 12 heavy (non-hydrogen) atoms. The second-order valence-electron chi connectivity index (χ2n) is 1.89. The molecular formula is C7H10N2O3. The van der Waals surface area contributed by atoms with Crippen molar-refractivity contribution in [1.29, 1.82) is 0 Å². The average Bonchev–Trinajstić information content (AvgIpc) is 2.02. The highest BCUT2D eigenvalue weighted by Gasteiger charge is 2.02. The minimum absolute atomic E-state index is 0.355. The number of amides is 1. The Balaban J connectivity index is 3.98. The number of hydrogen-bond acceptors (Lipinski definition) is 3. The van der Waals surface area contributed by atoms with Crippen LogP contribution in [0.15, 0.2) is 17.3 Å². The highest BCUT2D eigenvalue weighted by atomic mass is 16.4. The molecule has 0 aromatic heterocycles. The average molecular weight is 170 g/mol. The minimum Gasteiger partial charge on any atom is -0.480 e. The van der Waals surface area contributed by atoms with E-state index in [4.69, 9.17) is 5.11 Å². The molecule has 1 amide bonds. The Labute approximate surface area is 70.0 Å². The molecule has 0 aromatic carbocycles. The summed E-state index contributed by atoms with van der Waals surface area (Å²) < 4.78 is 0. The lowest BCUT2D eigenvalue weighted by molar-refractivity contribution is -0.140. The maximum Gasteiger partial charge on any atom is 0.325 e. The molecule has 5 heteroatoms. The number of rotatable bonds is 5. The zero-order chi connectivity index (χ0) is 9.40. The van der Waals surface area contributed by atoms with Crippen LogP contribution in [0.3, 0.4) is 0 Å². The van der Waals surface area contributed by atoms with Gasteiger partial charge in [0, 0.05) is 6.21 Å². The molecular weight excluding hydrogens is 160 g/mol. The predicted octanol–water partition coefficient (Wildman–Crippen LogP) is 0.0913. The van der Waals surface area contributed by atoms with Crippen molar-refractivity contribution >= 4 is 18.6 Å². The third-order valence-corrected chi connectivity index (χ3v) is 0.912. The number of aliphatic carboxylic acids is 1. The van der Waals surface area contributed by atoms with E-state index in [1.165, 1.54) is 6.21 Å².